The number of likely N-dealkylation sites (tertiary alicyclic amines) is 1. The van der Waals surface area contributed by atoms with Crippen molar-refractivity contribution >= 4 is 0 Å². The third kappa shape index (κ3) is 1.94. The molecule has 7 rings (SSSR count). The van der Waals surface area contributed by atoms with Crippen molar-refractivity contribution in [1.82, 2.24) is 4.90 Å². The molecule has 2 spiro atoms. The van der Waals surface area contributed by atoms with E-state index in [2.05, 4.69) is 38.8 Å². The van der Waals surface area contributed by atoms with E-state index in [0.29, 0.717) is 11.8 Å². The Bertz CT molecular complexity index is 967. The molecule has 31 heavy (non-hydrogen) atoms. The molecule has 7 atom stereocenters. The quantitative estimate of drug-likeness (QED) is 0.755. The maximum absolute atomic E-state index is 12.0. The summed E-state index contributed by atoms with van der Waals surface area (Å²) >= 11 is 0. The molecule has 1 aromatic rings. The number of hydrogen-bond acceptors (Lipinski definition) is 5. The Kier molecular flexibility index (Phi) is 3.67. The Balaban J connectivity index is 1.66. The van der Waals surface area contributed by atoms with Gasteiger partial charge in [0.2, 0.25) is 0 Å². The van der Waals surface area contributed by atoms with Crippen LogP contribution in [0, 0.1) is 16.7 Å². The van der Waals surface area contributed by atoms with Crippen molar-refractivity contribution in [2.75, 3.05) is 20.7 Å². The van der Waals surface area contributed by atoms with Crippen LogP contribution >= 0.6 is 0 Å². The van der Waals surface area contributed by atoms with Gasteiger partial charge in [-0.15, -0.1) is 0 Å². The number of nitrogens with zero attached hydrogens (tertiary/aromatic N) is 1. The molecule has 5 nitrogen and oxygen atoms in total. The van der Waals surface area contributed by atoms with E-state index in [4.69, 9.17) is 9.47 Å². The fourth-order valence-corrected chi connectivity index (χ4v) is 8.86. The van der Waals surface area contributed by atoms with Gasteiger partial charge in [0.25, 0.3) is 0 Å². The monoisotopic (exact) mass is 427 g/mol. The van der Waals surface area contributed by atoms with Crippen molar-refractivity contribution in [3.63, 3.8) is 0 Å². The molecule has 0 aromatic heterocycles. The zero-order chi connectivity index (χ0) is 22.2. The first-order valence-electron chi connectivity index (χ1n) is 12.0. The van der Waals surface area contributed by atoms with Gasteiger partial charge in [0, 0.05) is 35.5 Å². The topological polar surface area (TPSA) is 62.2 Å². The lowest BCUT2D eigenvalue weighted by Crippen LogP contribution is -2.83. The van der Waals surface area contributed by atoms with E-state index in [1.807, 2.05) is 14.0 Å². The van der Waals surface area contributed by atoms with Crippen LogP contribution in [0.4, 0.5) is 0 Å². The van der Waals surface area contributed by atoms with Gasteiger partial charge < -0.3 is 24.6 Å². The number of ether oxygens (including phenoxy) is 2. The zero-order valence-corrected chi connectivity index (χ0v) is 19.8. The number of phenols is 1. The number of likely N-dealkylation sites (N-methyl/N-ethyl adjacent to an activating group) is 1. The molecule has 6 aliphatic rings. The van der Waals surface area contributed by atoms with Crippen molar-refractivity contribution in [2.45, 2.75) is 88.6 Å². The van der Waals surface area contributed by atoms with Gasteiger partial charge in [0.1, 0.15) is 11.7 Å². The Labute approximate surface area is 185 Å². The highest BCUT2D eigenvalue weighted by atomic mass is 16.6. The second kappa shape index (κ2) is 5.60. The molecule has 1 saturated heterocycles. The lowest BCUT2D eigenvalue weighted by atomic mass is 9.33. The average Bonchev–Trinajstić information content (AvgIpc) is 3.08. The van der Waals surface area contributed by atoms with Crippen LogP contribution in [0.2, 0.25) is 0 Å². The van der Waals surface area contributed by atoms with E-state index in [1.165, 1.54) is 11.1 Å². The second-order valence-electron chi connectivity index (χ2n) is 12.3. The Hall–Kier alpha value is -1.30. The zero-order valence-electron chi connectivity index (χ0n) is 19.8. The van der Waals surface area contributed by atoms with Gasteiger partial charge in [-0.25, -0.2) is 0 Å². The number of aromatic hydroxyl groups is 1. The van der Waals surface area contributed by atoms with Crippen molar-refractivity contribution < 1.29 is 19.7 Å². The Morgan fingerprint density at radius 3 is 2.58 bits per heavy atom. The van der Waals surface area contributed by atoms with Gasteiger partial charge in [0.15, 0.2) is 11.5 Å². The summed E-state index contributed by atoms with van der Waals surface area (Å²) in [4.78, 5) is 2.56. The summed E-state index contributed by atoms with van der Waals surface area (Å²) < 4.78 is 13.3. The van der Waals surface area contributed by atoms with E-state index in [-0.39, 0.29) is 34.0 Å². The number of benzene rings is 1. The highest BCUT2D eigenvalue weighted by molar-refractivity contribution is 5.63. The number of aliphatic hydroxyl groups is 1. The predicted octanol–water partition coefficient (Wildman–Crippen LogP) is 3.63. The predicted molar refractivity (Wildman–Crippen MR) is 119 cm³/mol. The van der Waals surface area contributed by atoms with Gasteiger partial charge in [-0.05, 0) is 69.7 Å². The summed E-state index contributed by atoms with van der Waals surface area (Å²) in [6, 6.07) is 4.34. The van der Waals surface area contributed by atoms with Gasteiger partial charge >= 0.3 is 0 Å². The SMILES string of the molecule is CO[C@@]12CCC3(CC1C(C)(O)C(C)(C)C)C1Cc4ccc(O)c5c4C3(CCN1C)C2O5. The normalized spacial score (nSPS) is 44.5. The molecule has 6 unspecified atom stereocenters. The van der Waals surface area contributed by atoms with Crippen LogP contribution in [0.25, 0.3) is 0 Å². The Morgan fingerprint density at radius 2 is 1.90 bits per heavy atom. The summed E-state index contributed by atoms with van der Waals surface area (Å²) in [5, 5.41) is 22.9. The first-order chi connectivity index (χ1) is 14.5. The van der Waals surface area contributed by atoms with Crippen LogP contribution in [0.1, 0.15) is 64.5 Å². The van der Waals surface area contributed by atoms with Gasteiger partial charge in [-0.1, -0.05) is 26.8 Å². The molecule has 1 aromatic carbocycles. The van der Waals surface area contributed by atoms with E-state index in [9.17, 15) is 10.2 Å². The van der Waals surface area contributed by atoms with Crippen LogP contribution in [0.3, 0.4) is 0 Å². The van der Waals surface area contributed by atoms with E-state index in [1.54, 1.807) is 6.07 Å². The van der Waals surface area contributed by atoms with E-state index < -0.39 is 11.2 Å². The molecule has 5 heteroatoms. The molecule has 0 radical (unpaired) electrons. The molecule has 170 valence electrons. The Morgan fingerprint density at radius 1 is 1.16 bits per heavy atom. The van der Waals surface area contributed by atoms with Crippen LogP contribution in [0.5, 0.6) is 11.5 Å². The third-order valence-corrected chi connectivity index (χ3v) is 10.8. The number of phenolic OH excluding ortho intramolecular Hbond substituents is 1. The number of rotatable bonds is 2. The summed E-state index contributed by atoms with van der Waals surface area (Å²) in [5.74, 6) is 0.901. The van der Waals surface area contributed by atoms with Crippen LogP contribution in [0.15, 0.2) is 12.1 Å². The smallest absolute Gasteiger partial charge is 0.165 e. The van der Waals surface area contributed by atoms with E-state index in [0.717, 1.165) is 38.6 Å². The first kappa shape index (κ1) is 20.3. The molecule has 4 bridgehead atoms. The minimum absolute atomic E-state index is 0.0247. The fraction of sp³-hybridized carbons (Fsp3) is 0.769. The lowest BCUT2D eigenvalue weighted by Gasteiger charge is -2.75. The molecule has 2 aliphatic heterocycles. The second-order valence-corrected chi connectivity index (χ2v) is 12.3. The maximum atomic E-state index is 12.0. The molecule has 3 saturated carbocycles. The van der Waals surface area contributed by atoms with Gasteiger partial charge in [-0.3, -0.25) is 0 Å². The van der Waals surface area contributed by atoms with Crippen LogP contribution < -0.4 is 4.74 Å². The average molecular weight is 428 g/mol. The van der Waals surface area contributed by atoms with Crippen LogP contribution in [-0.4, -0.2) is 59.2 Å². The molecule has 4 aliphatic carbocycles. The summed E-state index contributed by atoms with van der Waals surface area (Å²) in [6.07, 6.45) is 4.74. The standard InChI is InChI=1S/C26H37NO4/c1-22(2,3)23(4,29)17-14-24-9-10-26(17,30-6)21-25(24)11-12-27(5)18(24)13-15-7-8-16(28)20(31-21)19(15)25/h7-8,17-18,21,28-29H,9-14H2,1-6H3/t17?,18?,21?,23?,24?,25?,26-/m0/s1. The lowest BCUT2D eigenvalue weighted by molar-refractivity contribution is -0.311. The minimum atomic E-state index is -0.911. The molecule has 0 amide bonds. The molecular weight excluding hydrogens is 390 g/mol. The molecular formula is C26H37NO4. The number of hydrogen-bond donors (Lipinski definition) is 2. The largest absolute Gasteiger partial charge is 0.504 e. The highest BCUT2D eigenvalue weighted by Crippen LogP contribution is 2.77. The first-order valence-corrected chi connectivity index (χ1v) is 12.0. The van der Waals surface area contributed by atoms with Crippen molar-refractivity contribution in [3.8, 4) is 11.5 Å². The minimum Gasteiger partial charge on any atom is -0.504 e. The number of methoxy groups -OCH3 is 1. The molecule has 2 heterocycles. The summed E-state index contributed by atoms with van der Waals surface area (Å²) in [6.45, 7) is 9.44. The van der Waals surface area contributed by atoms with Crippen molar-refractivity contribution in [1.29, 1.82) is 0 Å². The molecule has 4 fully saturated rings. The summed E-state index contributed by atoms with van der Waals surface area (Å²) in [7, 11) is 4.08. The summed E-state index contributed by atoms with van der Waals surface area (Å²) in [5.41, 5.74) is 0.692. The van der Waals surface area contributed by atoms with Gasteiger partial charge in [0.05, 0.1) is 5.60 Å². The highest BCUT2D eigenvalue weighted by Gasteiger charge is 2.82. The maximum Gasteiger partial charge on any atom is 0.165 e. The van der Waals surface area contributed by atoms with Gasteiger partial charge in [-0.2, -0.15) is 0 Å². The fourth-order valence-electron chi connectivity index (χ4n) is 8.86. The third-order valence-electron chi connectivity index (χ3n) is 10.8. The van der Waals surface area contributed by atoms with Crippen molar-refractivity contribution in [2.24, 2.45) is 16.7 Å². The number of piperidine rings is 1. The van der Waals surface area contributed by atoms with Crippen LogP contribution in [-0.2, 0) is 16.6 Å². The number of fused-ring (bicyclic) bond motifs is 2. The van der Waals surface area contributed by atoms with E-state index >= 15 is 0 Å². The molecule has 2 N–H and O–H groups in total. The van der Waals surface area contributed by atoms with Crippen molar-refractivity contribution in [3.05, 3.63) is 23.3 Å².